The van der Waals surface area contributed by atoms with Crippen LogP contribution < -0.4 is 19.5 Å². The van der Waals surface area contributed by atoms with Crippen molar-refractivity contribution in [2.75, 3.05) is 19.2 Å². The summed E-state index contributed by atoms with van der Waals surface area (Å²) >= 11 is 1.35. The van der Waals surface area contributed by atoms with Crippen molar-refractivity contribution in [2.24, 2.45) is 0 Å². The average molecular weight is 502 g/mol. The normalized spacial score (nSPS) is 11.7. The van der Waals surface area contributed by atoms with Crippen molar-refractivity contribution in [3.05, 3.63) is 99.9 Å². The molecule has 8 heteroatoms. The van der Waals surface area contributed by atoms with Gasteiger partial charge in [-0.15, -0.1) is 11.3 Å². The number of fused-ring (bicyclic) bond motifs is 1. The predicted octanol–water partition coefficient (Wildman–Crippen LogP) is 6.21. The first kappa shape index (κ1) is 23.4. The smallest absolute Gasteiger partial charge is 0.341 e. The molecule has 0 fully saturated rings. The summed E-state index contributed by atoms with van der Waals surface area (Å²) in [6, 6.07) is 22.0. The van der Waals surface area contributed by atoms with Gasteiger partial charge in [-0.2, -0.15) is 0 Å². The number of ether oxygens (including phenoxy) is 4. The monoisotopic (exact) mass is 501 g/mol. The second-order valence-corrected chi connectivity index (χ2v) is 9.18. The molecule has 36 heavy (non-hydrogen) atoms. The van der Waals surface area contributed by atoms with E-state index in [0.717, 1.165) is 16.0 Å². The van der Waals surface area contributed by atoms with Crippen molar-refractivity contribution in [1.82, 2.24) is 0 Å². The van der Waals surface area contributed by atoms with E-state index in [0.29, 0.717) is 45.5 Å². The molecule has 0 radical (unpaired) electrons. The van der Waals surface area contributed by atoms with E-state index < -0.39 is 5.97 Å². The van der Waals surface area contributed by atoms with Gasteiger partial charge in [0.05, 0.1) is 18.2 Å². The molecular formula is C28H23NO6S. The van der Waals surface area contributed by atoms with Crippen LogP contribution >= 0.6 is 11.3 Å². The second-order valence-electron chi connectivity index (χ2n) is 8.08. The first-order valence-electron chi connectivity index (χ1n) is 11.3. The van der Waals surface area contributed by atoms with Crippen LogP contribution in [0.3, 0.4) is 0 Å². The topological polar surface area (TPSA) is 83.1 Å². The van der Waals surface area contributed by atoms with Gasteiger partial charge in [-0.1, -0.05) is 36.4 Å². The Labute approximate surface area is 212 Å². The third kappa shape index (κ3) is 4.76. The molecule has 182 valence electrons. The lowest BCUT2D eigenvalue weighted by Gasteiger charge is -2.11. The van der Waals surface area contributed by atoms with Crippen LogP contribution in [0.4, 0.5) is 5.00 Å². The molecule has 5 rings (SSSR count). The Morgan fingerprint density at radius 3 is 2.53 bits per heavy atom. The van der Waals surface area contributed by atoms with Crippen LogP contribution in [0, 0.1) is 6.92 Å². The van der Waals surface area contributed by atoms with Crippen molar-refractivity contribution in [3.63, 3.8) is 0 Å². The first-order valence-corrected chi connectivity index (χ1v) is 12.1. The number of rotatable bonds is 7. The summed E-state index contributed by atoms with van der Waals surface area (Å²) in [5.41, 5.74) is 2.45. The Morgan fingerprint density at radius 1 is 0.972 bits per heavy atom. The Morgan fingerprint density at radius 2 is 1.72 bits per heavy atom. The molecule has 0 saturated carbocycles. The molecule has 3 aromatic carbocycles. The van der Waals surface area contributed by atoms with Gasteiger partial charge in [0.25, 0.3) is 5.91 Å². The summed E-state index contributed by atoms with van der Waals surface area (Å²) < 4.78 is 21.8. The van der Waals surface area contributed by atoms with Crippen molar-refractivity contribution in [2.45, 2.75) is 13.3 Å². The highest BCUT2D eigenvalue weighted by Crippen LogP contribution is 2.38. The maximum atomic E-state index is 13.3. The van der Waals surface area contributed by atoms with E-state index in [2.05, 4.69) is 5.32 Å². The van der Waals surface area contributed by atoms with Crippen LogP contribution in [0.25, 0.3) is 0 Å². The molecular weight excluding hydrogens is 478 g/mol. The summed E-state index contributed by atoms with van der Waals surface area (Å²) in [5.74, 6) is 1.53. The van der Waals surface area contributed by atoms with Gasteiger partial charge in [-0.05, 0) is 54.4 Å². The number of carbonyl (C=O) groups excluding carboxylic acids is 2. The zero-order chi connectivity index (χ0) is 25.1. The molecule has 7 nitrogen and oxygen atoms in total. The highest BCUT2D eigenvalue weighted by atomic mass is 32.1. The van der Waals surface area contributed by atoms with Gasteiger partial charge in [0, 0.05) is 11.3 Å². The Kier molecular flexibility index (Phi) is 6.60. The van der Waals surface area contributed by atoms with Crippen LogP contribution in [-0.4, -0.2) is 25.8 Å². The summed E-state index contributed by atoms with van der Waals surface area (Å²) in [6.45, 7) is 2.06. The van der Waals surface area contributed by atoms with Crippen molar-refractivity contribution in [3.8, 4) is 23.0 Å². The first-order chi connectivity index (χ1) is 17.5. The van der Waals surface area contributed by atoms with Crippen molar-refractivity contribution in [1.29, 1.82) is 0 Å². The van der Waals surface area contributed by atoms with Gasteiger partial charge in [-0.25, -0.2) is 4.79 Å². The highest BCUT2D eigenvalue weighted by molar-refractivity contribution is 7.17. The van der Waals surface area contributed by atoms with Crippen molar-refractivity contribution >= 4 is 28.2 Å². The van der Waals surface area contributed by atoms with E-state index in [1.165, 1.54) is 18.4 Å². The zero-order valence-electron chi connectivity index (χ0n) is 19.7. The van der Waals surface area contributed by atoms with Crippen molar-refractivity contribution < 1.29 is 28.5 Å². The fourth-order valence-corrected chi connectivity index (χ4v) is 5.15. The van der Waals surface area contributed by atoms with E-state index in [1.807, 2.05) is 55.5 Å². The number of esters is 1. The van der Waals surface area contributed by atoms with Gasteiger partial charge < -0.3 is 24.3 Å². The van der Waals surface area contributed by atoms with Gasteiger partial charge >= 0.3 is 5.97 Å². The van der Waals surface area contributed by atoms with Crippen LogP contribution in [0.2, 0.25) is 0 Å². The Bertz CT molecular complexity index is 1430. The summed E-state index contributed by atoms with van der Waals surface area (Å²) in [7, 11) is 1.32. The number of hydrogen-bond acceptors (Lipinski definition) is 7. The van der Waals surface area contributed by atoms with Crippen LogP contribution in [0.5, 0.6) is 23.0 Å². The SMILES string of the molecule is COC(=O)c1c(NC(=O)c2ccccc2Oc2ccccc2)sc(Cc2ccc3c(c2)OCO3)c1C. The van der Waals surface area contributed by atoms with E-state index in [1.54, 1.807) is 24.3 Å². The van der Waals surface area contributed by atoms with E-state index in [4.69, 9.17) is 18.9 Å². The third-order valence-electron chi connectivity index (χ3n) is 5.77. The number of methoxy groups -OCH3 is 1. The largest absolute Gasteiger partial charge is 0.465 e. The Balaban J connectivity index is 1.43. The number of anilines is 1. The third-order valence-corrected chi connectivity index (χ3v) is 6.97. The molecule has 0 bridgehead atoms. The minimum absolute atomic E-state index is 0.203. The minimum atomic E-state index is -0.509. The van der Waals surface area contributed by atoms with E-state index >= 15 is 0 Å². The standard InChI is InChI=1S/C28H23NO6S/c1-17-24(15-18-12-13-22-23(14-18)34-16-33-22)36-27(25(17)28(31)32-2)29-26(30)20-10-6-7-11-21(20)35-19-8-4-3-5-9-19/h3-14H,15-16H2,1-2H3,(H,29,30). The second kappa shape index (κ2) is 10.1. The van der Waals surface area contributed by atoms with Crippen LogP contribution in [0.1, 0.15) is 36.7 Å². The maximum Gasteiger partial charge on any atom is 0.341 e. The van der Waals surface area contributed by atoms with Gasteiger partial charge in [0.1, 0.15) is 16.5 Å². The lowest BCUT2D eigenvalue weighted by Crippen LogP contribution is -2.15. The van der Waals surface area contributed by atoms with Gasteiger partial charge in [-0.3, -0.25) is 4.79 Å². The quantitative estimate of drug-likeness (QED) is 0.303. The number of nitrogens with one attached hydrogen (secondary N) is 1. The molecule has 1 aliphatic heterocycles. The molecule has 0 atom stereocenters. The molecule has 4 aromatic rings. The van der Waals surface area contributed by atoms with Crippen LogP contribution in [0.15, 0.2) is 72.8 Å². The predicted molar refractivity (Wildman–Crippen MR) is 137 cm³/mol. The summed E-state index contributed by atoms with van der Waals surface area (Å²) in [6.07, 6.45) is 0.556. The molecule has 1 aliphatic rings. The molecule has 2 heterocycles. The molecule has 0 unspecified atom stereocenters. The molecule has 1 amide bonds. The number of benzene rings is 3. The summed E-state index contributed by atoms with van der Waals surface area (Å²) in [5, 5.41) is 3.34. The van der Waals surface area contributed by atoms with Crippen LogP contribution in [-0.2, 0) is 11.2 Å². The number of amides is 1. The molecule has 1 aromatic heterocycles. The average Bonchev–Trinajstić information content (AvgIpc) is 3.48. The highest BCUT2D eigenvalue weighted by Gasteiger charge is 2.25. The Hall–Kier alpha value is -4.30. The number of hydrogen-bond donors (Lipinski definition) is 1. The molecule has 0 spiro atoms. The number of para-hydroxylation sites is 2. The van der Waals surface area contributed by atoms with E-state index in [-0.39, 0.29) is 12.7 Å². The number of carbonyl (C=O) groups is 2. The lowest BCUT2D eigenvalue weighted by molar-refractivity contribution is 0.0601. The lowest BCUT2D eigenvalue weighted by atomic mass is 10.1. The summed E-state index contributed by atoms with van der Waals surface area (Å²) in [4.78, 5) is 26.9. The fourth-order valence-electron chi connectivity index (χ4n) is 3.93. The maximum absolute atomic E-state index is 13.3. The molecule has 0 aliphatic carbocycles. The minimum Gasteiger partial charge on any atom is -0.465 e. The van der Waals surface area contributed by atoms with Gasteiger partial charge in [0.2, 0.25) is 6.79 Å². The zero-order valence-corrected chi connectivity index (χ0v) is 20.5. The van der Waals surface area contributed by atoms with Gasteiger partial charge in [0.15, 0.2) is 11.5 Å². The molecule has 1 N–H and O–H groups in total. The van der Waals surface area contributed by atoms with E-state index in [9.17, 15) is 9.59 Å². The number of thiophene rings is 1. The molecule has 0 saturated heterocycles. The fraction of sp³-hybridized carbons (Fsp3) is 0.143.